The number of para-hydroxylation sites is 1. The fourth-order valence-electron chi connectivity index (χ4n) is 3.89. The lowest BCUT2D eigenvalue weighted by atomic mass is 10.0. The smallest absolute Gasteiger partial charge is 0.229 e. The van der Waals surface area contributed by atoms with Crippen LogP contribution in [0, 0.1) is 11.6 Å². The molecule has 1 aliphatic heterocycles. The van der Waals surface area contributed by atoms with Crippen molar-refractivity contribution in [3.63, 3.8) is 0 Å². The number of anilines is 4. The number of hydrogen-bond acceptors (Lipinski definition) is 6. The highest BCUT2D eigenvalue weighted by Crippen LogP contribution is 2.34. The molecule has 0 aliphatic carbocycles. The molecule has 3 N–H and O–H groups in total. The lowest BCUT2D eigenvalue weighted by molar-refractivity contribution is 0.122. The number of rotatable bonds is 4. The maximum atomic E-state index is 14.5. The number of halogens is 2. The minimum atomic E-state index is -0.664. The molecule has 0 atom stereocenters. The number of fused-ring (bicyclic) bond motifs is 1. The molecule has 3 aromatic carbocycles. The second-order valence-electron chi connectivity index (χ2n) is 7.50. The molecule has 1 aromatic heterocycles. The molecule has 32 heavy (non-hydrogen) atoms. The van der Waals surface area contributed by atoms with Gasteiger partial charge in [-0.25, -0.2) is 13.8 Å². The molecule has 8 heteroatoms. The van der Waals surface area contributed by atoms with Crippen LogP contribution in [0.2, 0.25) is 0 Å². The molecule has 0 saturated carbocycles. The average molecular weight is 433 g/mol. The SMILES string of the molecule is Nc1nc(Nc2ccc(N3CCOCC3)cc2)nc2c(-c3c(F)cccc3F)cccc12. The summed E-state index contributed by atoms with van der Waals surface area (Å²) in [4.78, 5) is 11.1. The summed E-state index contributed by atoms with van der Waals surface area (Å²) < 4.78 is 34.3. The van der Waals surface area contributed by atoms with Gasteiger partial charge < -0.3 is 20.7 Å². The summed E-state index contributed by atoms with van der Waals surface area (Å²) in [5, 5.41) is 3.67. The summed E-state index contributed by atoms with van der Waals surface area (Å²) in [6.07, 6.45) is 0. The first-order valence-electron chi connectivity index (χ1n) is 10.3. The standard InChI is InChI=1S/C24H21F2N5O/c25-19-5-2-6-20(26)21(19)17-3-1-4-18-22(17)29-24(30-23(18)27)28-15-7-9-16(10-8-15)31-11-13-32-14-12-31/h1-10H,11-14H2,(H3,27,28,29,30). The molecule has 0 bridgehead atoms. The Hall–Kier alpha value is -3.78. The van der Waals surface area contributed by atoms with E-state index >= 15 is 0 Å². The molecule has 4 aromatic rings. The number of morpholine rings is 1. The number of nitrogens with one attached hydrogen (secondary N) is 1. The van der Waals surface area contributed by atoms with Gasteiger partial charge in [-0.2, -0.15) is 4.98 Å². The molecule has 1 fully saturated rings. The van der Waals surface area contributed by atoms with Crippen LogP contribution in [0.1, 0.15) is 0 Å². The maximum Gasteiger partial charge on any atom is 0.229 e. The monoisotopic (exact) mass is 433 g/mol. The van der Waals surface area contributed by atoms with Gasteiger partial charge >= 0.3 is 0 Å². The minimum Gasteiger partial charge on any atom is -0.383 e. The van der Waals surface area contributed by atoms with Crippen LogP contribution in [0.4, 0.5) is 31.9 Å². The topological polar surface area (TPSA) is 76.3 Å². The van der Waals surface area contributed by atoms with Crippen molar-refractivity contribution in [1.29, 1.82) is 0 Å². The first-order valence-corrected chi connectivity index (χ1v) is 10.3. The zero-order valence-corrected chi connectivity index (χ0v) is 17.2. The third-order valence-corrected chi connectivity index (χ3v) is 5.49. The molecule has 0 amide bonds. The third-order valence-electron chi connectivity index (χ3n) is 5.49. The quantitative estimate of drug-likeness (QED) is 0.484. The Morgan fingerprint density at radius 3 is 2.28 bits per heavy atom. The highest BCUT2D eigenvalue weighted by molar-refractivity contribution is 5.99. The zero-order chi connectivity index (χ0) is 22.1. The Balaban J connectivity index is 1.50. The molecule has 6 nitrogen and oxygen atoms in total. The second kappa shape index (κ2) is 8.39. The molecular weight excluding hydrogens is 412 g/mol. The Kier molecular flexibility index (Phi) is 5.28. The van der Waals surface area contributed by atoms with Crippen LogP contribution in [-0.4, -0.2) is 36.3 Å². The normalized spacial score (nSPS) is 14.0. The van der Waals surface area contributed by atoms with E-state index in [2.05, 4.69) is 20.2 Å². The van der Waals surface area contributed by atoms with Gasteiger partial charge in [0.05, 0.1) is 24.3 Å². The third kappa shape index (κ3) is 3.80. The Labute approximate surface area is 183 Å². The van der Waals surface area contributed by atoms with E-state index in [-0.39, 0.29) is 17.3 Å². The fourth-order valence-corrected chi connectivity index (χ4v) is 3.89. The molecule has 2 heterocycles. The molecule has 1 aliphatic rings. The van der Waals surface area contributed by atoms with Gasteiger partial charge in [-0.1, -0.05) is 18.2 Å². The van der Waals surface area contributed by atoms with Crippen molar-refractivity contribution in [2.24, 2.45) is 0 Å². The number of nitrogen functional groups attached to an aromatic ring is 1. The molecule has 5 rings (SSSR count). The van der Waals surface area contributed by atoms with Crippen molar-refractivity contribution in [3.8, 4) is 11.1 Å². The number of hydrogen-bond donors (Lipinski definition) is 2. The molecule has 0 unspecified atom stereocenters. The van der Waals surface area contributed by atoms with Gasteiger partial charge in [0.15, 0.2) is 0 Å². The van der Waals surface area contributed by atoms with Crippen molar-refractivity contribution >= 4 is 34.0 Å². The Bertz CT molecular complexity index is 1250. The van der Waals surface area contributed by atoms with Crippen LogP contribution in [-0.2, 0) is 4.74 Å². The van der Waals surface area contributed by atoms with E-state index in [0.29, 0.717) is 16.5 Å². The Morgan fingerprint density at radius 2 is 1.56 bits per heavy atom. The van der Waals surface area contributed by atoms with Crippen LogP contribution in [0.5, 0.6) is 0 Å². The van der Waals surface area contributed by atoms with E-state index in [1.165, 1.54) is 18.2 Å². The first kappa shape index (κ1) is 20.1. The predicted octanol–water partition coefficient (Wildman–Crippen LogP) is 4.74. The summed E-state index contributed by atoms with van der Waals surface area (Å²) in [6.45, 7) is 3.14. The van der Waals surface area contributed by atoms with Crippen LogP contribution in [0.25, 0.3) is 22.0 Å². The van der Waals surface area contributed by atoms with Gasteiger partial charge in [0.1, 0.15) is 17.5 Å². The number of nitrogens with two attached hydrogens (primary N) is 1. The average Bonchev–Trinajstić information content (AvgIpc) is 2.80. The zero-order valence-electron chi connectivity index (χ0n) is 17.2. The van der Waals surface area contributed by atoms with Gasteiger partial charge in [0, 0.05) is 35.4 Å². The van der Waals surface area contributed by atoms with E-state index in [0.717, 1.165) is 37.7 Å². The van der Waals surface area contributed by atoms with E-state index in [1.54, 1.807) is 18.2 Å². The molecule has 0 radical (unpaired) electrons. The predicted molar refractivity (Wildman–Crippen MR) is 122 cm³/mol. The molecule has 162 valence electrons. The van der Waals surface area contributed by atoms with Crippen molar-refractivity contribution in [2.75, 3.05) is 42.3 Å². The van der Waals surface area contributed by atoms with Gasteiger partial charge in [-0.15, -0.1) is 0 Å². The number of benzene rings is 3. The van der Waals surface area contributed by atoms with Crippen molar-refractivity contribution < 1.29 is 13.5 Å². The lowest BCUT2D eigenvalue weighted by Gasteiger charge is -2.28. The number of aromatic nitrogens is 2. The van der Waals surface area contributed by atoms with Gasteiger partial charge in [0.2, 0.25) is 5.95 Å². The van der Waals surface area contributed by atoms with Crippen LogP contribution < -0.4 is 16.0 Å². The molecular formula is C24H21F2N5O. The molecule has 1 saturated heterocycles. The maximum absolute atomic E-state index is 14.5. The van der Waals surface area contributed by atoms with E-state index < -0.39 is 11.6 Å². The largest absolute Gasteiger partial charge is 0.383 e. The van der Waals surface area contributed by atoms with Gasteiger partial charge in [-0.3, -0.25) is 0 Å². The van der Waals surface area contributed by atoms with Crippen LogP contribution in [0.15, 0.2) is 60.7 Å². The van der Waals surface area contributed by atoms with Crippen molar-refractivity contribution in [2.45, 2.75) is 0 Å². The van der Waals surface area contributed by atoms with Crippen LogP contribution >= 0.6 is 0 Å². The highest BCUT2D eigenvalue weighted by atomic mass is 19.1. The minimum absolute atomic E-state index is 0.142. The van der Waals surface area contributed by atoms with Crippen molar-refractivity contribution in [1.82, 2.24) is 9.97 Å². The fraction of sp³-hybridized carbons (Fsp3) is 0.167. The summed E-state index contributed by atoms with van der Waals surface area (Å²) in [5.74, 6) is -0.856. The number of ether oxygens (including phenoxy) is 1. The van der Waals surface area contributed by atoms with Crippen LogP contribution in [0.3, 0.4) is 0 Å². The summed E-state index contributed by atoms with van der Waals surface area (Å²) >= 11 is 0. The van der Waals surface area contributed by atoms with E-state index in [9.17, 15) is 8.78 Å². The summed E-state index contributed by atoms with van der Waals surface area (Å²) in [5.41, 5.74) is 8.59. The first-order chi connectivity index (χ1) is 15.6. The number of nitrogens with zero attached hydrogens (tertiary/aromatic N) is 3. The van der Waals surface area contributed by atoms with Crippen molar-refractivity contribution in [3.05, 3.63) is 72.3 Å². The van der Waals surface area contributed by atoms with E-state index in [4.69, 9.17) is 10.5 Å². The van der Waals surface area contributed by atoms with E-state index in [1.807, 2.05) is 24.3 Å². The van der Waals surface area contributed by atoms with Gasteiger partial charge in [0.25, 0.3) is 0 Å². The second-order valence-corrected chi connectivity index (χ2v) is 7.50. The summed E-state index contributed by atoms with van der Waals surface area (Å²) in [6, 6.07) is 16.7. The summed E-state index contributed by atoms with van der Waals surface area (Å²) in [7, 11) is 0. The highest BCUT2D eigenvalue weighted by Gasteiger charge is 2.17. The molecule has 0 spiro atoms. The van der Waals surface area contributed by atoms with Gasteiger partial charge in [-0.05, 0) is 42.5 Å². The lowest BCUT2D eigenvalue weighted by Crippen LogP contribution is -2.36. The Morgan fingerprint density at radius 1 is 0.875 bits per heavy atom.